The molecule has 0 aliphatic heterocycles. The Morgan fingerprint density at radius 1 is 1.23 bits per heavy atom. The van der Waals surface area contributed by atoms with Gasteiger partial charge in [-0.2, -0.15) is 0 Å². The zero-order valence-electron chi connectivity index (χ0n) is 7.72. The van der Waals surface area contributed by atoms with Gasteiger partial charge < -0.3 is 0 Å². The predicted molar refractivity (Wildman–Crippen MR) is 58.8 cm³/mol. The first-order chi connectivity index (χ1) is 6.38. The number of rotatable bonds is 1. The molecule has 1 aromatic carbocycles. The van der Waals surface area contributed by atoms with Gasteiger partial charge in [-0.1, -0.05) is 47.3 Å². The molecule has 1 aromatic rings. The molecule has 0 atom stereocenters. The van der Waals surface area contributed by atoms with Crippen molar-refractivity contribution in [1.29, 1.82) is 0 Å². The van der Waals surface area contributed by atoms with Gasteiger partial charge in [-0.05, 0) is 36.5 Å². The van der Waals surface area contributed by atoms with Crippen molar-refractivity contribution in [3.8, 4) is 0 Å². The highest BCUT2D eigenvalue weighted by molar-refractivity contribution is 9.10. The molecule has 1 saturated carbocycles. The second-order valence-corrected chi connectivity index (χ2v) is 4.62. The Morgan fingerprint density at radius 3 is 2.69 bits per heavy atom. The lowest BCUT2D eigenvalue weighted by Gasteiger charge is -2.22. The van der Waals surface area contributed by atoms with Crippen LogP contribution in [0.25, 0.3) is 0 Å². The summed E-state index contributed by atoms with van der Waals surface area (Å²) in [6.45, 7) is 0. The SMILES string of the molecule is Brc1ccc[c]c1C1CCCCC1. The Morgan fingerprint density at radius 2 is 2.00 bits per heavy atom. The lowest BCUT2D eigenvalue weighted by Crippen LogP contribution is -2.05. The van der Waals surface area contributed by atoms with Gasteiger partial charge in [0.15, 0.2) is 0 Å². The molecule has 0 bridgehead atoms. The summed E-state index contributed by atoms with van der Waals surface area (Å²) in [6.07, 6.45) is 6.89. The number of benzene rings is 1. The third-order valence-electron chi connectivity index (χ3n) is 2.85. The van der Waals surface area contributed by atoms with Crippen LogP contribution >= 0.6 is 15.9 Å². The first-order valence-corrected chi connectivity index (χ1v) is 5.83. The number of halogens is 1. The highest BCUT2D eigenvalue weighted by atomic mass is 79.9. The van der Waals surface area contributed by atoms with Crippen molar-refractivity contribution in [3.63, 3.8) is 0 Å². The Bertz CT molecular complexity index is 274. The minimum atomic E-state index is 0.754. The average molecular weight is 238 g/mol. The van der Waals surface area contributed by atoms with Gasteiger partial charge in [-0.3, -0.25) is 0 Å². The van der Waals surface area contributed by atoms with Gasteiger partial charge in [0.2, 0.25) is 0 Å². The molecule has 2 rings (SSSR count). The summed E-state index contributed by atoms with van der Waals surface area (Å²) in [7, 11) is 0. The normalized spacial score (nSPS) is 18.8. The molecule has 1 aliphatic carbocycles. The van der Waals surface area contributed by atoms with Crippen molar-refractivity contribution >= 4 is 15.9 Å². The van der Waals surface area contributed by atoms with Gasteiger partial charge in [0, 0.05) is 4.47 Å². The van der Waals surface area contributed by atoms with E-state index in [1.807, 2.05) is 12.1 Å². The minimum absolute atomic E-state index is 0.754. The van der Waals surface area contributed by atoms with Gasteiger partial charge in [0.25, 0.3) is 0 Å². The molecule has 13 heavy (non-hydrogen) atoms. The first kappa shape index (κ1) is 9.26. The van der Waals surface area contributed by atoms with Gasteiger partial charge in [-0.25, -0.2) is 0 Å². The lowest BCUT2D eigenvalue weighted by molar-refractivity contribution is 0.442. The predicted octanol–water partition coefficient (Wildman–Crippen LogP) is 4.30. The van der Waals surface area contributed by atoms with Crippen LogP contribution in [0.5, 0.6) is 0 Å². The molecule has 1 fully saturated rings. The topological polar surface area (TPSA) is 0 Å². The van der Waals surface area contributed by atoms with E-state index in [1.54, 1.807) is 0 Å². The van der Waals surface area contributed by atoms with Crippen LogP contribution in [0.1, 0.15) is 43.6 Å². The Hall–Kier alpha value is -0.300. The van der Waals surface area contributed by atoms with Crippen LogP contribution in [-0.2, 0) is 0 Å². The van der Waals surface area contributed by atoms with E-state index < -0.39 is 0 Å². The molecule has 1 aliphatic rings. The molecule has 1 radical (unpaired) electrons. The summed E-state index contributed by atoms with van der Waals surface area (Å²) in [6, 6.07) is 9.55. The third kappa shape index (κ3) is 2.14. The molecule has 0 heterocycles. The van der Waals surface area contributed by atoms with Crippen molar-refractivity contribution in [2.45, 2.75) is 38.0 Å². The molecular formula is C12H14Br. The van der Waals surface area contributed by atoms with Crippen molar-refractivity contribution in [2.24, 2.45) is 0 Å². The quantitative estimate of drug-likeness (QED) is 0.684. The van der Waals surface area contributed by atoms with Crippen LogP contribution in [0.4, 0.5) is 0 Å². The zero-order chi connectivity index (χ0) is 9.10. The number of hydrogen-bond donors (Lipinski definition) is 0. The fourth-order valence-electron chi connectivity index (χ4n) is 2.13. The van der Waals surface area contributed by atoms with E-state index >= 15 is 0 Å². The summed E-state index contributed by atoms with van der Waals surface area (Å²) in [5, 5.41) is 0. The van der Waals surface area contributed by atoms with Gasteiger partial charge in [0.1, 0.15) is 0 Å². The Balaban J connectivity index is 2.18. The molecular weight excluding hydrogens is 224 g/mol. The smallest absolute Gasteiger partial charge is 0.0216 e. The summed E-state index contributed by atoms with van der Waals surface area (Å²) in [5.41, 5.74) is 1.39. The zero-order valence-corrected chi connectivity index (χ0v) is 9.31. The molecule has 0 N–H and O–H groups in total. The Labute approximate surface area is 88.5 Å². The van der Waals surface area contributed by atoms with Crippen LogP contribution in [-0.4, -0.2) is 0 Å². The molecule has 0 amide bonds. The molecule has 1 heteroatoms. The largest absolute Gasteiger partial charge is 0.0605 e. The molecule has 0 spiro atoms. The van der Waals surface area contributed by atoms with E-state index in [0.29, 0.717) is 0 Å². The summed E-state index contributed by atoms with van der Waals surface area (Å²) in [5.74, 6) is 0.754. The van der Waals surface area contributed by atoms with Crippen LogP contribution < -0.4 is 0 Å². The van der Waals surface area contributed by atoms with E-state index in [1.165, 1.54) is 42.1 Å². The Kier molecular flexibility index (Phi) is 3.05. The highest BCUT2D eigenvalue weighted by Gasteiger charge is 2.17. The van der Waals surface area contributed by atoms with Crippen LogP contribution in [0, 0.1) is 6.07 Å². The maximum absolute atomic E-state index is 3.60. The minimum Gasteiger partial charge on any atom is -0.0605 e. The lowest BCUT2D eigenvalue weighted by atomic mass is 9.84. The summed E-state index contributed by atoms with van der Waals surface area (Å²) in [4.78, 5) is 0. The standard InChI is InChI=1S/C12H14Br/c13-12-9-5-4-8-11(12)10-6-2-1-3-7-10/h4-5,9-10H,1-3,6-7H2. The van der Waals surface area contributed by atoms with E-state index in [0.717, 1.165) is 5.92 Å². The van der Waals surface area contributed by atoms with Crippen LogP contribution in [0.2, 0.25) is 0 Å². The summed E-state index contributed by atoms with van der Waals surface area (Å²) >= 11 is 3.60. The van der Waals surface area contributed by atoms with Crippen LogP contribution in [0.15, 0.2) is 22.7 Å². The van der Waals surface area contributed by atoms with Gasteiger partial charge in [-0.15, -0.1) is 0 Å². The summed E-state index contributed by atoms with van der Waals surface area (Å²) < 4.78 is 1.24. The fraction of sp³-hybridized carbons (Fsp3) is 0.500. The second kappa shape index (κ2) is 4.28. The highest BCUT2D eigenvalue weighted by Crippen LogP contribution is 2.35. The van der Waals surface area contributed by atoms with Gasteiger partial charge >= 0.3 is 0 Å². The molecule has 0 unspecified atom stereocenters. The first-order valence-electron chi connectivity index (χ1n) is 5.04. The molecule has 0 nitrogen and oxygen atoms in total. The van der Waals surface area contributed by atoms with Crippen molar-refractivity contribution in [3.05, 3.63) is 34.3 Å². The van der Waals surface area contributed by atoms with Crippen molar-refractivity contribution < 1.29 is 0 Å². The fourth-order valence-corrected chi connectivity index (χ4v) is 2.72. The molecule has 69 valence electrons. The maximum Gasteiger partial charge on any atom is 0.0216 e. The molecule has 0 aromatic heterocycles. The maximum atomic E-state index is 3.60. The van der Waals surface area contributed by atoms with E-state index in [-0.39, 0.29) is 0 Å². The second-order valence-electron chi connectivity index (χ2n) is 3.77. The molecule has 0 saturated heterocycles. The van der Waals surface area contributed by atoms with E-state index in [4.69, 9.17) is 0 Å². The average Bonchev–Trinajstić information content (AvgIpc) is 2.20. The van der Waals surface area contributed by atoms with Crippen molar-refractivity contribution in [2.75, 3.05) is 0 Å². The van der Waals surface area contributed by atoms with Crippen LogP contribution in [0.3, 0.4) is 0 Å². The number of hydrogen-bond acceptors (Lipinski definition) is 0. The monoisotopic (exact) mass is 237 g/mol. The van der Waals surface area contributed by atoms with E-state index in [9.17, 15) is 0 Å². The van der Waals surface area contributed by atoms with Gasteiger partial charge in [0.05, 0.1) is 0 Å². The third-order valence-corrected chi connectivity index (χ3v) is 3.54. The van der Waals surface area contributed by atoms with E-state index in [2.05, 4.69) is 28.1 Å². The van der Waals surface area contributed by atoms with Crippen molar-refractivity contribution in [1.82, 2.24) is 0 Å².